The lowest BCUT2D eigenvalue weighted by Gasteiger charge is -2.26. The molecule has 0 atom stereocenters. The van der Waals surface area contributed by atoms with Crippen molar-refractivity contribution < 1.29 is 4.74 Å². The van der Waals surface area contributed by atoms with Gasteiger partial charge in [0, 0.05) is 6.54 Å². The number of likely N-dealkylation sites (N-methyl/N-ethyl adjacent to an activating group) is 1. The van der Waals surface area contributed by atoms with Gasteiger partial charge in [0.25, 0.3) is 0 Å². The van der Waals surface area contributed by atoms with Gasteiger partial charge in [-0.25, -0.2) is 0 Å². The van der Waals surface area contributed by atoms with Crippen molar-refractivity contribution in [2.24, 2.45) is 11.1 Å². The van der Waals surface area contributed by atoms with Crippen LogP contribution in [0.25, 0.3) is 0 Å². The first-order valence-corrected chi connectivity index (χ1v) is 6.98. The summed E-state index contributed by atoms with van der Waals surface area (Å²) in [5.41, 5.74) is 7.32. The summed E-state index contributed by atoms with van der Waals surface area (Å²) in [6, 6.07) is 8.29. The van der Waals surface area contributed by atoms with E-state index in [9.17, 15) is 0 Å². The van der Waals surface area contributed by atoms with Crippen molar-refractivity contribution in [3.05, 3.63) is 29.8 Å². The Hall–Kier alpha value is -1.06. The van der Waals surface area contributed by atoms with Crippen molar-refractivity contribution in [3.63, 3.8) is 0 Å². The Morgan fingerprint density at radius 3 is 2.63 bits per heavy atom. The van der Waals surface area contributed by atoms with Gasteiger partial charge in [0.2, 0.25) is 0 Å². The molecule has 0 aliphatic rings. The number of benzene rings is 1. The predicted molar refractivity (Wildman–Crippen MR) is 81.6 cm³/mol. The Balaban J connectivity index is 2.35. The molecule has 0 spiro atoms. The van der Waals surface area contributed by atoms with E-state index < -0.39 is 0 Å². The highest BCUT2D eigenvalue weighted by atomic mass is 16.5. The molecule has 0 saturated heterocycles. The lowest BCUT2D eigenvalue weighted by Crippen LogP contribution is -2.30. The van der Waals surface area contributed by atoms with E-state index in [1.165, 1.54) is 5.56 Å². The lowest BCUT2D eigenvalue weighted by molar-refractivity contribution is 0.255. The summed E-state index contributed by atoms with van der Waals surface area (Å²) in [5.74, 6) is 0.935. The second-order valence-corrected chi connectivity index (χ2v) is 6.02. The predicted octanol–water partition coefficient (Wildman–Crippen LogP) is 2.54. The summed E-state index contributed by atoms with van der Waals surface area (Å²) in [5, 5.41) is 0. The zero-order valence-electron chi connectivity index (χ0n) is 12.8. The summed E-state index contributed by atoms with van der Waals surface area (Å²) < 4.78 is 5.24. The van der Waals surface area contributed by atoms with E-state index in [1.807, 2.05) is 12.1 Å². The van der Waals surface area contributed by atoms with Crippen molar-refractivity contribution in [1.82, 2.24) is 4.90 Å². The van der Waals surface area contributed by atoms with E-state index >= 15 is 0 Å². The molecule has 0 radical (unpaired) electrons. The summed E-state index contributed by atoms with van der Waals surface area (Å²) in [6.07, 6.45) is 2.19. The van der Waals surface area contributed by atoms with Crippen LogP contribution in [0.15, 0.2) is 24.3 Å². The molecule has 1 rings (SSSR count). The molecule has 0 unspecified atom stereocenters. The third-order valence-electron chi connectivity index (χ3n) is 3.64. The minimum Gasteiger partial charge on any atom is -0.497 e. The number of ether oxygens (including phenoxy) is 1. The van der Waals surface area contributed by atoms with Crippen LogP contribution in [0.2, 0.25) is 0 Å². The maximum absolute atomic E-state index is 5.76. The van der Waals surface area contributed by atoms with Gasteiger partial charge in [0.1, 0.15) is 5.75 Å². The zero-order valence-corrected chi connectivity index (χ0v) is 12.8. The van der Waals surface area contributed by atoms with Gasteiger partial charge in [0.15, 0.2) is 0 Å². The van der Waals surface area contributed by atoms with Crippen molar-refractivity contribution >= 4 is 0 Å². The van der Waals surface area contributed by atoms with Crippen LogP contribution >= 0.6 is 0 Å². The second-order valence-electron chi connectivity index (χ2n) is 6.02. The summed E-state index contributed by atoms with van der Waals surface area (Å²) in [6.45, 7) is 7.35. The smallest absolute Gasteiger partial charge is 0.119 e. The third kappa shape index (κ3) is 6.08. The monoisotopic (exact) mass is 264 g/mol. The third-order valence-corrected chi connectivity index (χ3v) is 3.64. The van der Waals surface area contributed by atoms with E-state index in [1.54, 1.807) is 7.11 Å². The number of hydrogen-bond donors (Lipinski definition) is 1. The van der Waals surface area contributed by atoms with Crippen molar-refractivity contribution in [1.29, 1.82) is 0 Å². The topological polar surface area (TPSA) is 38.5 Å². The van der Waals surface area contributed by atoms with Crippen molar-refractivity contribution in [2.75, 3.05) is 33.8 Å². The SMILES string of the molecule is COc1cccc(CCN(C)CCC(C)(C)CN)c1. The molecule has 19 heavy (non-hydrogen) atoms. The van der Waals surface area contributed by atoms with Crippen LogP contribution in [0.4, 0.5) is 0 Å². The van der Waals surface area contributed by atoms with Gasteiger partial charge in [0.05, 0.1) is 7.11 Å². The number of nitrogens with zero attached hydrogens (tertiary/aromatic N) is 1. The molecule has 0 aliphatic carbocycles. The van der Waals surface area contributed by atoms with E-state index in [-0.39, 0.29) is 5.41 Å². The van der Waals surface area contributed by atoms with Gasteiger partial charge >= 0.3 is 0 Å². The fourth-order valence-corrected chi connectivity index (χ4v) is 1.86. The van der Waals surface area contributed by atoms with Crippen LogP contribution in [-0.4, -0.2) is 38.7 Å². The molecule has 0 aliphatic heterocycles. The number of methoxy groups -OCH3 is 1. The Bertz CT molecular complexity index is 377. The molecule has 0 amide bonds. The highest BCUT2D eigenvalue weighted by molar-refractivity contribution is 5.28. The molecular formula is C16H28N2O. The fourth-order valence-electron chi connectivity index (χ4n) is 1.86. The van der Waals surface area contributed by atoms with Crippen molar-refractivity contribution in [3.8, 4) is 5.75 Å². The standard InChI is InChI=1S/C16H28N2O/c1-16(2,13-17)9-11-18(3)10-8-14-6-5-7-15(12-14)19-4/h5-7,12H,8-11,13,17H2,1-4H3. The number of nitrogens with two attached hydrogens (primary N) is 1. The highest BCUT2D eigenvalue weighted by Crippen LogP contribution is 2.18. The molecule has 3 heteroatoms. The minimum atomic E-state index is 0.240. The van der Waals surface area contributed by atoms with Gasteiger partial charge in [-0.15, -0.1) is 0 Å². The molecule has 0 saturated carbocycles. The van der Waals surface area contributed by atoms with Crippen LogP contribution in [0.1, 0.15) is 25.8 Å². The van der Waals surface area contributed by atoms with E-state index in [2.05, 4.69) is 37.9 Å². The van der Waals surface area contributed by atoms with Crippen LogP contribution in [0.3, 0.4) is 0 Å². The maximum Gasteiger partial charge on any atom is 0.119 e. The van der Waals surface area contributed by atoms with Gasteiger partial charge in [-0.05, 0) is 56.1 Å². The van der Waals surface area contributed by atoms with E-state index in [0.717, 1.165) is 38.2 Å². The maximum atomic E-state index is 5.76. The number of rotatable bonds is 8. The number of hydrogen-bond acceptors (Lipinski definition) is 3. The first kappa shape index (κ1) is 16.0. The molecule has 0 aromatic heterocycles. The quantitative estimate of drug-likeness (QED) is 0.784. The largest absolute Gasteiger partial charge is 0.497 e. The molecule has 0 bridgehead atoms. The summed E-state index contributed by atoms with van der Waals surface area (Å²) >= 11 is 0. The Labute approximate surface area is 117 Å². The molecule has 2 N–H and O–H groups in total. The van der Waals surface area contributed by atoms with Gasteiger partial charge < -0.3 is 15.4 Å². The average Bonchev–Trinajstić information content (AvgIpc) is 2.43. The molecule has 0 heterocycles. The van der Waals surface area contributed by atoms with Crippen LogP contribution < -0.4 is 10.5 Å². The Morgan fingerprint density at radius 2 is 2.00 bits per heavy atom. The first-order valence-electron chi connectivity index (χ1n) is 6.98. The van der Waals surface area contributed by atoms with Crippen LogP contribution in [-0.2, 0) is 6.42 Å². The molecular weight excluding hydrogens is 236 g/mol. The van der Waals surface area contributed by atoms with Crippen molar-refractivity contribution in [2.45, 2.75) is 26.7 Å². The highest BCUT2D eigenvalue weighted by Gasteiger charge is 2.15. The molecule has 0 fully saturated rings. The van der Waals surface area contributed by atoms with Gasteiger partial charge in [-0.1, -0.05) is 26.0 Å². The Morgan fingerprint density at radius 1 is 1.26 bits per heavy atom. The van der Waals surface area contributed by atoms with E-state index in [4.69, 9.17) is 10.5 Å². The van der Waals surface area contributed by atoms with Gasteiger partial charge in [-0.2, -0.15) is 0 Å². The van der Waals surface area contributed by atoms with Gasteiger partial charge in [-0.3, -0.25) is 0 Å². The summed E-state index contributed by atoms with van der Waals surface area (Å²) in [7, 11) is 3.88. The van der Waals surface area contributed by atoms with E-state index in [0.29, 0.717) is 0 Å². The molecule has 1 aromatic rings. The zero-order chi connectivity index (χ0) is 14.3. The second kappa shape index (κ2) is 7.51. The normalized spacial score (nSPS) is 11.9. The molecule has 108 valence electrons. The Kier molecular flexibility index (Phi) is 6.32. The average molecular weight is 264 g/mol. The molecule has 1 aromatic carbocycles. The van der Waals surface area contributed by atoms with Crippen LogP contribution in [0, 0.1) is 5.41 Å². The summed E-state index contributed by atoms with van der Waals surface area (Å²) in [4.78, 5) is 2.37. The minimum absolute atomic E-state index is 0.240. The van der Waals surface area contributed by atoms with Crippen LogP contribution in [0.5, 0.6) is 5.75 Å². The first-order chi connectivity index (χ1) is 8.96. The fraction of sp³-hybridized carbons (Fsp3) is 0.625. The molecule has 3 nitrogen and oxygen atoms in total. The lowest BCUT2D eigenvalue weighted by atomic mass is 9.89.